The van der Waals surface area contributed by atoms with Gasteiger partial charge in [-0.2, -0.15) is 0 Å². The Labute approximate surface area is 116 Å². The molecule has 3 aromatic rings. The van der Waals surface area contributed by atoms with E-state index in [0.717, 1.165) is 22.2 Å². The minimum absolute atomic E-state index is 0.234. The Morgan fingerprint density at radius 3 is 2.65 bits per heavy atom. The van der Waals surface area contributed by atoms with Crippen LogP contribution in [0.15, 0.2) is 48.8 Å². The molecule has 2 aromatic heterocycles. The van der Waals surface area contributed by atoms with E-state index in [1.165, 1.54) is 0 Å². The molecule has 0 bridgehead atoms. The summed E-state index contributed by atoms with van der Waals surface area (Å²) in [6, 6.07) is 11.6. The lowest BCUT2D eigenvalue weighted by molar-refractivity contribution is 0.602. The van der Waals surface area contributed by atoms with Gasteiger partial charge in [0.15, 0.2) is 5.82 Å². The van der Waals surface area contributed by atoms with Gasteiger partial charge in [-0.15, -0.1) is 0 Å². The van der Waals surface area contributed by atoms with Crippen molar-refractivity contribution >= 4 is 10.9 Å². The summed E-state index contributed by atoms with van der Waals surface area (Å²) in [5.74, 6) is 6.31. The maximum atomic E-state index is 5.66. The standard InChI is InChI=1S/C15H15N5/c1-10-3-4-11-9-12(5-6-13(11)19-10)14(20-16)15-17-7-2-8-18-15/h2-9,14,20H,16H2,1H3. The lowest BCUT2D eigenvalue weighted by Gasteiger charge is -2.15. The first kappa shape index (κ1) is 12.7. The van der Waals surface area contributed by atoms with E-state index in [9.17, 15) is 0 Å². The minimum atomic E-state index is -0.234. The Morgan fingerprint density at radius 1 is 1.10 bits per heavy atom. The molecule has 0 aliphatic rings. The van der Waals surface area contributed by atoms with Crippen LogP contribution in [0.4, 0.5) is 0 Å². The Bertz CT molecular complexity index is 727. The summed E-state index contributed by atoms with van der Waals surface area (Å²) in [4.78, 5) is 13.0. The van der Waals surface area contributed by atoms with Gasteiger partial charge in [-0.1, -0.05) is 12.1 Å². The Hall–Kier alpha value is -2.37. The highest BCUT2D eigenvalue weighted by atomic mass is 15.2. The Morgan fingerprint density at radius 2 is 1.90 bits per heavy atom. The highest BCUT2D eigenvalue weighted by Gasteiger charge is 2.15. The molecule has 0 saturated heterocycles. The highest BCUT2D eigenvalue weighted by Crippen LogP contribution is 2.22. The number of rotatable bonds is 3. The average molecular weight is 265 g/mol. The zero-order valence-electron chi connectivity index (χ0n) is 11.1. The summed E-state index contributed by atoms with van der Waals surface area (Å²) in [5, 5.41) is 1.07. The summed E-state index contributed by atoms with van der Waals surface area (Å²) in [7, 11) is 0. The van der Waals surface area contributed by atoms with Crippen LogP contribution < -0.4 is 11.3 Å². The van der Waals surface area contributed by atoms with E-state index < -0.39 is 0 Å². The van der Waals surface area contributed by atoms with Crippen molar-refractivity contribution in [2.24, 2.45) is 5.84 Å². The molecule has 5 heteroatoms. The van der Waals surface area contributed by atoms with Crippen molar-refractivity contribution in [1.29, 1.82) is 0 Å². The van der Waals surface area contributed by atoms with Gasteiger partial charge in [0.05, 0.1) is 5.52 Å². The molecular formula is C15H15N5. The van der Waals surface area contributed by atoms with Crippen molar-refractivity contribution in [2.75, 3.05) is 0 Å². The van der Waals surface area contributed by atoms with Gasteiger partial charge in [-0.05, 0) is 36.8 Å². The fourth-order valence-electron chi connectivity index (χ4n) is 2.21. The first-order valence-corrected chi connectivity index (χ1v) is 6.38. The summed E-state index contributed by atoms with van der Waals surface area (Å²) in [6.45, 7) is 1.98. The van der Waals surface area contributed by atoms with Gasteiger partial charge in [-0.3, -0.25) is 10.8 Å². The van der Waals surface area contributed by atoms with Crippen LogP contribution in [0, 0.1) is 6.92 Å². The van der Waals surface area contributed by atoms with Crippen LogP contribution in [0.1, 0.15) is 23.1 Å². The van der Waals surface area contributed by atoms with Crippen LogP contribution in [0.25, 0.3) is 10.9 Å². The number of fused-ring (bicyclic) bond motifs is 1. The summed E-state index contributed by atoms with van der Waals surface area (Å²) in [5.41, 5.74) is 5.75. The minimum Gasteiger partial charge on any atom is -0.270 e. The van der Waals surface area contributed by atoms with E-state index in [4.69, 9.17) is 5.84 Å². The molecule has 20 heavy (non-hydrogen) atoms. The number of hydrazine groups is 1. The molecule has 0 radical (unpaired) electrons. The fourth-order valence-corrected chi connectivity index (χ4v) is 2.21. The third kappa shape index (κ3) is 2.36. The number of hydrogen-bond acceptors (Lipinski definition) is 5. The van der Waals surface area contributed by atoms with Crippen molar-refractivity contribution in [3.63, 3.8) is 0 Å². The fraction of sp³-hybridized carbons (Fsp3) is 0.133. The highest BCUT2D eigenvalue weighted by molar-refractivity contribution is 5.79. The van der Waals surface area contributed by atoms with Crippen molar-refractivity contribution in [2.45, 2.75) is 13.0 Å². The number of nitrogens with one attached hydrogen (secondary N) is 1. The molecule has 3 rings (SSSR count). The predicted molar refractivity (Wildman–Crippen MR) is 77.7 cm³/mol. The number of nitrogens with two attached hydrogens (primary N) is 1. The second-order valence-electron chi connectivity index (χ2n) is 4.61. The van der Waals surface area contributed by atoms with Crippen molar-refractivity contribution in [3.05, 3.63) is 65.9 Å². The summed E-state index contributed by atoms with van der Waals surface area (Å²) in [6.07, 6.45) is 3.41. The van der Waals surface area contributed by atoms with Crippen LogP contribution in [-0.2, 0) is 0 Å². The van der Waals surface area contributed by atoms with Gasteiger partial charge in [0.25, 0.3) is 0 Å². The molecule has 0 amide bonds. The predicted octanol–water partition coefficient (Wildman–Crippen LogP) is 1.89. The average Bonchev–Trinajstić information content (AvgIpc) is 2.49. The lowest BCUT2D eigenvalue weighted by Crippen LogP contribution is -2.30. The number of benzene rings is 1. The zero-order valence-corrected chi connectivity index (χ0v) is 11.1. The Balaban J connectivity index is 2.06. The molecule has 100 valence electrons. The van der Waals surface area contributed by atoms with Crippen molar-refractivity contribution < 1.29 is 0 Å². The first-order chi connectivity index (χ1) is 9.78. The molecule has 2 heterocycles. The van der Waals surface area contributed by atoms with E-state index in [1.807, 2.05) is 25.1 Å². The van der Waals surface area contributed by atoms with E-state index in [-0.39, 0.29) is 6.04 Å². The molecule has 1 unspecified atom stereocenters. The van der Waals surface area contributed by atoms with Crippen LogP contribution >= 0.6 is 0 Å². The largest absolute Gasteiger partial charge is 0.270 e. The first-order valence-electron chi connectivity index (χ1n) is 6.38. The molecule has 5 nitrogen and oxygen atoms in total. The van der Waals surface area contributed by atoms with Gasteiger partial charge in [0.1, 0.15) is 6.04 Å². The summed E-state index contributed by atoms with van der Waals surface area (Å²) >= 11 is 0. The maximum Gasteiger partial charge on any atom is 0.150 e. The van der Waals surface area contributed by atoms with Gasteiger partial charge in [-0.25, -0.2) is 15.4 Å². The van der Waals surface area contributed by atoms with Gasteiger partial charge in [0, 0.05) is 23.5 Å². The van der Waals surface area contributed by atoms with Crippen LogP contribution in [-0.4, -0.2) is 15.0 Å². The number of nitrogens with zero attached hydrogens (tertiary/aromatic N) is 3. The third-order valence-corrected chi connectivity index (χ3v) is 3.20. The molecule has 1 aromatic carbocycles. The normalized spacial score (nSPS) is 12.5. The number of hydrogen-bond donors (Lipinski definition) is 2. The monoisotopic (exact) mass is 265 g/mol. The molecule has 3 N–H and O–H groups in total. The third-order valence-electron chi connectivity index (χ3n) is 3.20. The van der Waals surface area contributed by atoms with E-state index >= 15 is 0 Å². The number of aromatic nitrogens is 3. The lowest BCUT2D eigenvalue weighted by atomic mass is 10.0. The zero-order chi connectivity index (χ0) is 13.9. The van der Waals surface area contributed by atoms with Gasteiger partial charge < -0.3 is 0 Å². The van der Waals surface area contributed by atoms with Crippen LogP contribution in [0.5, 0.6) is 0 Å². The van der Waals surface area contributed by atoms with E-state index in [1.54, 1.807) is 18.5 Å². The SMILES string of the molecule is Cc1ccc2cc(C(NN)c3ncccn3)ccc2n1. The molecule has 0 spiro atoms. The second-order valence-corrected chi connectivity index (χ2v) is 4.61. The van der Waals surface area contributed by atoms with Gasteiger partial charge >= 0.3 is 0 Å². The van der Waals surface area contributed by atoms with Crippen molar-refractivity contribution in [3.8, 4) is 0 Å². The summed E-state index contributed by atoms with van der Waals surface area (Å²) < 4.78 is 0. The molecule has 0 aliphatic heterocycles. The molecule has 0 aliphatic carbocycles. The topological polar surface area (TPSA) is 76.7 Å². The molecule has 1 atom stereocenters. The van der Waals surface area contributed by atoms with E-state index in [0.29, 0.717) is 5.82 Å². The number of pyridine rings is 1. The number of aryl methyl sites for hydroxylation is 1. The van der Waals surface area contributed by atoms with Crippen molar-refractivity contribution in [1.82, 2.24) is 20.4 Å². The van der Waals surface area contributed by atoms with Gasteiger partial charge in [0.2, 0.25) is 0 Å². The molecular weight excluding hydrogens is 250 g/mol. The maximum absolute atomic E-state index is 5.66. The van der Waals surface area contributed by atoms with Crippen LogP contribution in [0.3, 0.4) is 0 Å². The smallest absolute Gasteiger partial charge is 0.150 e. The molecule has 0 fully saturated rings. The molecule has 0 saturated carbocycles. The Kier molecular flexibility index (Phi) is 3.37. The second kappa shape index (κ2) is 5.32. The quantitative estimate of drug-likeness (QED) is 0.558. The van der Waals surface area contributed by atoms with E-state index in [2.05, 4.69) is 32.5 Å². The van der Waals surface area contributed by atoms with Crippen LogP contribution in [0.2, 0.25) is 0 Å².